The fraction of sp³-hybridized carbons (Fsp3) is 0.438. The molecule has 0 amide bonds. The third kappa shape index (κ3) is 4.80. The molecule has 1 aromatic heterocycles. The second-order valence-electron chi connectivity index (χ2n) is 5.91. The zero-order valence-electron chi connectivity index (χ0n) is 13.4. The number of aliphatic hydroxyl groups is 1. The molecule has 0 atom stereocenters. The first kappa shape index (κ1) is 17.5. The molecule has 1 N–H and O–H groups in total. The maximum atomic E-state index is 12.2. The van der Waals surface area contributed by atoms with Crippen molar-refractivity contribution in [2.75, 3.05) is 12.4 Å². The van der Waals surface area contributed by atoms with Gasteiger partial charge < -0.3 is 14.4 Å². The summed E-state index contributed by atoms with van der Waals surface area (Å²) < 4.78 is 10.4. The first-order chi connectivity index (χ1) is 10.9. The number of hydrogen-bond donors (Lipinski definition) is 1. The van der Waals surface area contributed by atoms with Gasteiger partial charge >= 0.3 is 5.97 Å². The van der Waals surface area contributed by atoms with E-state index in [2.05, 4.69) is 10.1 Å². The Hall–Kier alpha value is -1.86. The summed E-state index contributed by atoms with van der Waals surface area (Å²) in [5.41, 5.74) is 0.216. The predicted octanol–water partition coefficient (Wildman–Crippen LogP) is 2.81. The number of ether oxygens (including phenoxy) is 1. The average Bonchev–Trinajstić information content (AvgIpc) is 3.00. The number of aliphatic hydroxyl groups excluding tert-OH is 1. The van der Waals surface area contributed by atoms with Crippen LogP contribution in [0.15, 0.2) is 33.7 Å². The van der Waals surface area contributed by atoms with Gasteiger partial charge in [-0.15, -0.1) is 11.8 Å². The van der Waals surface area contributed by atoms with Gasteiger partial charge in [0.25, 0.3) is 0 Å². The number of benzene rings is 1. The topological polar surface area (TPSA) is 85.5 Å². The fourth-order valence-electron chi connectivity index (χ4n) is 1.74. The quantitative estimate of drug-likeness (QED) is 0.641. The van der Waals surface area contributed by atoms with E-state index in [1.54, 1.807) is 12.1 Å². The Morgan fingerprint density at radius 2 is 2.09 bits per heavy atom. The van der Waals surface area contributed by atoms with Crippen LogP contribution in [0.2, 0.25) is 0 Å². The molecule has 0 unspecified atom stereocenters. The van der Waals surface area contributed by atoms with Gasteiger partial charge in [0.15, 0.2) is 6.61 Å². The lowest BCUT2D eigenvalue weighted by Gasteiger charge is -2.10. The number of esters is 1. The minimum Gasteiger partial charge on any atom is -0.454 e. The van der Waals surface area contributed by atoms with Crippen LogP contribution in [0, 0.1) is 0 Å². The van der Waals surface area contributed by atoms with E-state index in [1.807, 2.05) is 32.9 Å². The maximum Gasteiger partial charge on any atom is 0.339 e. The molecule has 6 nitrogen and oxygen atoms in total. The average molecular weight is 336 g/mol. The van der Waals surface area contributed by atoms with E-state index in [0.29, 0.717) is 23.0 Å². The van der Waals surface area contributed by atoms with Gasteiger partial charge in [-0.3, -0.25) is 0 Å². The van der Waals surface area contributed by atoms with Crippen molar-refractivity contribution in [2.45, 2.75) is 37.7 Å². The lowest BCUT2D eigenvalue weighted by Crippen LogP contribution is -2.12. The number of aromatic nitrogens is 2. The largest absolute Gasteiger partial charge is 0.454 e. The molecular formula is C16H20N2O4S. The van der Waals surface area contributed by atoms with E-state index in [4.69, 9.17) is 14.4 Å². The summed E-state index contributed by atoms with van der Waals surface area (Å²) in [4.78, 5) is 17.2. The highest BCUT2D eigenvalue weighted by Gasteiger charge is 2.22. The molecular weight excluding hydrogens is 316 g/mol. The lowest BCUT2D eigenvalue weighted by atomic mass is 9.97. The van der Waals surface area contributed by atoms with E-state index >= 15 is 0 Å². The molecule has 2 rings (SSSR count). The van der Waals surface area contributed by atoms with E-state index in [0.717, 1.165) is 4.90 Å². The Balaban J connectivity index is 2.01. The highest BCUT2D eigenvalue weighted by atomic mass is 32.2. The summed E-state index contributed by atoms with van der Waals surface area (Å²) in [6, 6.07) is 7.12. The summed E-state index contributed by atoms with van der Waals surface area (Å²) in [6.45, 7) is 5.89. The van der Waals surface area contributed by atoms with Gasteiger partial charge in [0.2, 0.25) is 11.7 Å². The van der Waals surface area contributed by atoms with Crippen molar-refractivity contribution in [1.29, 1.82) is 0 Å². The zero-order valence-corrected chi connectivity index (χ0v) is 14.2. The van der Waals surface area contributed by atoms with Crippen molar-refractivity contribution in [1.82, 2.24) is 10.1 Å². The predicted molar refractivity (Wildman–Crippen MR) is 86.4 cm³/mol. The first-order valence-electron chi connectivity index (χ1n) is 7.24. The van der Waals surface area contributed by atoms with Crippen molar-refractivity contribution in [3.05, 3.63) is 41.5 Å². The smallest absolute Gasteiger partial charge is 0.339 e. The van der Waals surface area contributed by atoms with Crippen molar-refractivity contribution in [3.63, 3.8) is 0 Å². The van der Waals surface area contributed by atoms with Crippen LogP contribution in [0.4, 0.5) is 0 Å². The normalized spacial score (nSPS) is 11.5. The molecule has 0 aliphatic rings. The van der Waals surface area contributed by atoms with Crippen LogP contribution in [0.3, 0.4) is 0 Å². The lowest BCUT2D eigenvalue weighted by molar-refractivity contribution is 0.0455. The van der Waals surface area contributed by atoms with E-state index in [9.17, 15) is 4.79 Å². The number of rotatable bonds is 6. The Kier molecular flexibility index (Phi) is 5.79. The molecule has 0 saturated carbocycles. The second kappa shape index (κ2) is 7.61. The van der Waals surface area contributed by atoms with Crippen molar-refractivity contribution in [3.8, 4) is 0 Å². The van der Waals surface area contributed by atoms with Gasteiger partial charge in [-0.05, 0) is 12.1 Å². The second-order valence-corrected chi connectivity index (χ2v) is 7.05. The van der Waals surface area contributed by atoms with E-state index in [-0.39, 0.29) is 18.6 Å². The van der Waals surface area contributed by atoms with Crippen molar-refractivity contribution >= 4 is 17.7 Å². The fourth-order valence-corrected chi connectivity index (χ4v) is 2.53. The minimum atomic E-state index is -0.451. The van der Waals surface area contributed by atoms with Gasteiger partial charge in [0.05, 0.1) is 12.2 Å². The summed E-state index contributed by atoms with van der Waals surface area (Å²) in [5, 5.41) is 12.7. The highest BCUT2D eigenvalue weighted by molar-refractivity contribution is 7.99. The molecule has 0 radical (unpaired) electrons. The summed E-state index contributed by atoms with van der Waals surface area (Å²) >= 11 is 1.40. The maximum absolute atomic E-state index is 12.2. The molecule has 1 heterocycles. The minimum absolute atomic E-state index is 0.0442. The molecule has 0 saturated heterocycles. The molecule has 23 heavy (non-hydrogen) atoms. The molecule has 124 valence electrons. The molecule has 0 bridgehead atoms. The van der Waals surface area contributed by atoms with E-state index < -0.39 is 5.97 Å². The van der Waals surface area contributed by atoms with Gasteiger partial charge in [0.1, 0.15) is 0 Å². The van der Waals surface area contributed by atoms with Crippen LogP contribution >= 0.6 is 11.8 Å². The number of carbonyl (C=O) groups is 1. The van der Waals surface area contributed by atoms with Gasteiger partial charge in [-0.1, -0.05) is 38.1 Å². The van der Waals surface area contributed by atoms with Gasteiger partial charge in [0, 0.05) is 16.1 Å². The van der Waals surface area contributed by atoms with Crippen molar-refractivity contribution < 1.29 is 19.2 Å². The summed E-state index contributed by atoms with van der Waals surface area (Å²) in [6.07, 6.45) is 0. The highest BCUT2D eigenvalue weighted by Crippen LogP contribution is 2.23. The summed E-state index contributed by atoms with van der Waals surface area (Å²) in [5.74, 6) is 0.906. The van der Waals surface area contributed by atoms with Crippen LogP contribution in [-0.4, -0.2) is 33.6 Å². The first-order valence-corrected chi connectivity index (χ1v) is 8.23. The Bertz CT molecular complexity index is 664. The number of nitrogens with zero attached hydrogens (tertiary/aromatic N) is 2. The Morgan fingerprint density at radius 1 is 1.35 bits per heavy atom. The third-order valence-corrected chi connectivity index (χ3v) is 3.95. The standard InChI is InChI=1S/C16H20N2O4S/c1-16(2,3)15-17-13(18-22-15)10-21-14(20)11-6-4-5-7-12(11)23-9-8-19/h4-7,19H,8-10H2,1-3H3. The van der Waals surface area contributed by atoms with Crippen LogP contribution in [0.5, 0.6) is 0 Å². The van der Waals surface area contributed by atoms with Crippen LogP contribution in [0.1, 0.15) is 42.8 Å². The molecule has 1 aromatic carbocycles. The Labute approximate surface area is 139 Å². The zero-order chi connectivity index (χ0) is 16.9. The molecule has 7 heteroatoms. The van der Waals surface area contributed by atoms with Gasteiger partial charge in [-0.25, -0.2) is 4.79 Å². The van der Waals surface area contributed by atoms with E-state index in [1.165, 1.54) is 11.8 Å². The van der Waals surface area contributed by atoms with Gasteiger partial charge in [-0.2, -0.15) is 4.98 Å². The molecule has 0 spiro atoms. The molecule has 0 aliphatic carbocycles. The molecule has 0 fully saturated rings. The SMILES string of the molecule is CC(C)(C)c1nc(COC(=O)c2ccccc2SCCO)no1. The van der Waals surface area contributed by atoms with Crippen LogP contribution in [0.25, 0.3) is 0 Å². The molecule has 2 aromatic rings. The Morgan fingerprint density at radius 3 is 2.74 bits per heavy atom. The molecule has 0 aliphatic heterocycles. The van der Waals surface area contributed by atoms with Crippen molar-refractivity contribution in [2.24, 2.45) is 0 Å². The van der Waals surface area contributed by atoms with Crippen LogP contribution < -0.4 is 0 Å². The third-order valence-electron chi connectivity index (χ3n) is 2.90. The number of carbonyl (C=O) groups excluding carboxylic acids is 1. The van der Waals surface area contributed by atoms with Crippen LogP contribution in [-0.2, 0) is 16.8 Å². The monoisotopic (exact) mass is 336 g/mol. The number of hydrogen-bond acceptors (Lipinski definition) is 7. The summed E-state index contributed by atoms with van der Waals surface area (Å²) in [7, 11) is 0. The number of thioether (sulfide) groups is 1.